The highest BCUT2D eigenvalue weighted by Crippen LogP contribution is 2.26. The van der Waals surface area contributed by atoms with Gasteiger partial charge in [0.05, 0.1) is 18.4 Å². The molecule has 8 nitrogen and oxygen atoms in total. The van der Waals surface area contributed by atoms with Crippen LogP contribution in [-0.2, 0) is 5.75 Å². The minimum absolute atomic E-state index is 0.125. The van der Waals surface area contributed by atoms with Crippen molar-refractivity contribution < 1.29 is 4.74 Å². The van der Waals surface area contributed by atoms with Gasteiger partial charge in [0.25, 0.3) is 5.56 Å². The molecule has 0 saturated heterocycles. The number of aromatic nitrogens is 6. The van der Waals surface area contributed by atoms with Gasteiger partial charge in [-0.25, -0.2) is 4.98 Å². The fourth-order valence-corrected chi connectivity index (χ4v) is 3.83. The molecule has 10 heteroatoms. The molecule has 4 rings (SSSR count). The number of para-hydroxylation sites is 2. The van der Waals surface area contributed by atoms with Crippen molar-refractivity contribution in [2.24, 2.45) is 0 Å². The Morgan fingerprint density at radius 1 is 1.32 bits per heavy atom. The molecule has 0 amide bonds. The molecule has 3 aromatic heterocycles. The van der Waals surface area contributed by atoms with E-state index in [1.165, 1.54) is 23.1 Å². The molecule has 0 bridgehead atoms. The number of H-pyrrole nitrogens is 1. The molecule has 25 heavy (non-hydrogen) atoms. The Morgan fingerprint density at radius 2 is 2.20 bits per heavy atom. The van der Waals surface area contributed by atoms with Crippen LogP contribution in [0.5, 0.6) is 5.75 Å². The second kappa shape index (κ2) is 6.65. The van der Waals surface area contributed by atoms with Crippen LogP contribution in [0, 0.1) is 0 Å². The number of hydrogen-bond acceptors (Lipinski definition) is 8. The molecule has 0 fully saturated rings. The summed E-state index contributed by atoms with van der Waals surface area (Å²) in [6.07, 6.45) is 0. The maximum Gasteiger partial charge on any atom is 0.268 e. The second-order valence-electron chi connectivity index (χ2n) is 4.98. The summed E-state index contributed by atoms with van der Waals surface area (Å²) >= 11 is 2.76. The number of aromatic amines is 1. The Hall–Kier alpha value is -2.72. The number of hydrogen-bond donors (Lipinski definition) is 1. The lowest BCUT2D eigenvalue weighted by Crippen LogP contribution is -2.09. The van der Waals surface area contributed by atoms with E-state index in [0.717, 1.165) is 5.69 Å². The van der Waals surface area contributed by atoms with Gasteiger partial charge in [-0.2, -0.15) is 4.68 Å². The summed E-state index contributed by atoms with van der Waals surface area (Å²) in [5, 5.41) is 14.3. The number of benzene rings is 1. The average molecular weight is 372 g/mol. The third-order valence-electron chi connectivity index (χ3n) is 3.46. The van der Waals surface area contributed by atoms with Gasteiger partial charge in [0.2, 0.25) is 5.16 Å². The normalized spacial score (nSPS) is 11.1. The van der Waals surface area contributed by atoms with E-state index >= 15 is 0 Å². The zero-order chi connectivity index (χ0) is 17.2. The van der Waals surface area contributed by atoms with Crippen LogP contribution >= 0.6 is 23.1 Å². The first-order chi connectivity index (χ1) is 12.3. The topological polar surface area (TPSA) is 98.6 Å². The number of rotatable bonds is 5. The molecule has 1 N–H and O–H groups in total. The second-order valence-corrected chi connectivity index (χ2v) is 6.84. The lowest BCUT2D eigenvalue weighted by atomic mass is 10.3. The number of tetrazole rings is 1. The monoisotopic (exact) mass is 372 g/mol. The van der Waals surface area contributed by atoms with Crippen LogP contribution in [0.15, 0.2) is 45.7 Å². The summed E-state index contributed by atoms with van der Waals surface area (Å²) in [5.41, 5.74) is 1.32. The fourth-order valence-electron chi connectivity index (χ4n) is 2.35. The minimum atomic E-state index is -0.125. The van der Waals surface area contributed by atoms with Crippen molar-refractivity contribution >= 4 is 33.3 Å². The Morgan fingerprint density at radius 3 is 3.08 bits per heavy atom. The predicted octanol–water partition coefficient (Wildman–Crippen LogP) is 2.26. The van der Waals surface area contributed by atoms with Crippen LogP contribution in [0.4, 0.5) is 0 Å². The van der Waals surface area contributed by atoms with Crippen molar-refractivity contribution in [3.63, 3.8) is 0 Å². The first-order valence-electron chi connectivity index (χ1n) is 7.27. The van der Waals surface area contributed by atoms with E-state index in [0.29, 0.717) is 32.7 Å². The molecule has 0 unspecified atom stereocenters. The first-order valence-corrected chi connectivity index (χ1v) is 9.14. The molecule has 0 radical (unpaired) electrons. The number of fused-ring (bicyclic) bond motifs is 1. The van der Waals surface area contributed by atoms with Crippen molar-refractivity contribution in [3.8, 4) is 11.4 Å². The summed E-state index contributed by atoms with van der Waals surface area (Å²) in [5.74, 6) is 1.69. The molecular formula is C15H12N6O2S2. The summed E-state index contributed by atoms with van der Waals surface area (Å²) in [6.45, 7) is 0. The number of nitrogens with one attached hydrogen (secondary N) is 1. The largest absolute Gasteiger partial charge is 0.494 e. The van der Waals surface area contributed by atoms with Crippen LogP contribution in [0.3, 0.4) is 0 Å². The number of thioether (sulfide) groups is 1. The van der Waals surface area contributed by atoms with Crippen molar-refractivity contribution in [1.82, 2.24) is 30.2 Å². The first kappa shape index (κ1) is 15.8. The van der Waals surface area contributed by atoms with Gasteiger partial charge in [0.1, 0.15) is 22.0 Å². The average Bonchev–Trinajstić information content (AvgIpc) is 3.29. The van der Waals surface area contributed by atoms with E-state index in [1.807, 2.05) is 35.7 Å². The van der Waals surface area contributed by atoms with Crippen molar-refractivity contribution in [2.45, 2.75) is 10.9 Å². The van der Waals surface area contributed by atoms with Crippen molar-refractivity contribution in [1.29, 1.82) is 0 Å². The molecule has 0 aliphatic carbocycles. The lowest BCUT2D eigenvalue weighted by Gasteiger charge is -2.08. The van der Waals surface area contributed by atoms with Gasteiger partial charge in [0, 0.05) is 0 Å². The van der Waals surface area contributed by atoms with Gasteiger partial charge in [-0.05, 0) is 34.0 Å². The molecular weight excluding hydrogens is 360 g/mol. The molecule has 0 atom stereocenters. The Labute approximate surface area is 149 Å². The van der Waals surface area contributed by atoms with E-state index in [4.69, 9.17) is 4.74 Å². The zero-order valence-electron chi connectivity index (χ0n) is 13.0. The zero-order valence-corrected chi connectivity index (χ0v) is 14.7. The smallest absolute Gasteiger partial charge is 0.268 e. The molecule has 0 saturated carbocycles. The van der Waals surface area contributed by atoms with Crippen molar-refractivity contribution in [3.05, 3.63) is 51.9 Å². The van der Waals surface area contributed by atoms with Gasteiger partial charge < -0.3 is 9.72 Å². The van der Waals surface area contributed by atoms with Crippen LogP contribution in [0.2, 0.25) is 0 Å². The number of methoxy groups -OCH3 is 1. The standard InChI is InChI=1S/C15H12N6O2S2/c1-23-11-5-3-2-4-10(11)21-15(18-19-20-21)25-8-12-16-9-6-7-24-13(9)14(22)17-12/h2-7H,8H2,1H3,(H,16,17,22). The highest BCUT2D eigenvalue weighted by Gasteiger charge is 2.14. The van der Waals surface area contributed by atoms with E-state index < -0.39 is 0 Å². The van der Waals surface area contributed by atoms with Gasteiger partial charge in [0.15, 0.2) is 0 Å². The van der Waals surface area contributed by atoms with Crippen LogP contribution in [0.1, 0.15) is 5.82 Å². The number of ether oxygens (including phenoxy) is 1. The molecule has 0 spiro atoms. The SMILES string of the molecule is COc1ccccc1-n1nnnc1SCc1nc2ccsc2c(=O)[nH]1. The lowest BCUT2D eigenvalue weighted by molar-refractivity contribution is 0.410. The summed E-state index contributed by atoms with van der Waals surface area (Å²) in [7, 11) is 1.60. The highest BCUT2D eigenvalue weighted by molar-refractivity contribution is 7.98. The number of nitrogens with zero attached hydrogens (tertiary/aromatic N) is 5. The quantitative estimate of drug-likeness (QED) is 0.537. The van der Waals surface area contributed by atoms with Crippen LogP contribution in [0.25, 0.3) is 15.9 Å². The molecule has 0 aliphatic rings. The Bertz CT molecular complexity index is 1090. The minimum Gasteiger partial charge on any atom is -0.494 e. The molecule has 1 aromatic carbocycles. The fraction of sp³-hybridized carbons (Fsp3) is 0.133. The molecule has 0 aliphatic heterocycles. The van der Waals surface area contributed by atoms with E-state index in [-0.39, 0.29) is 5.56 Å². The van der Waals surface area contributed by atoms with Gasteiger partial charge >= 0.3 is 0 Å². The van der Waals surface area contributed by atoms with Gasteiger partial charge in [-0.3, -0.25) is 4.79 Å². The summed E-state index contributed by atoms with van der Waals surface area (Å²) < 4.78 is 7.59. The molecule has 4 aromatic rings. The van der Waals surface area contributed by atoms with E-state index in [2.05, 4.69) is 25.5 Å². The summed E-state index contributed by atoms with van der Waals surface area (Å²) in [4.78, 5) is 19.3. The van der Waals surface area contributed by atoms with Gasteiger partial charge in [-0.15, -0.1) is 16.4 Å². The molecule has 3 heterocycles. The third kappa shape index (κ3) is 3.01. The maximum absolute atomic E-state index is 12.0. The number of thiophene rings is 1. The van der Waals surface area contributed by atoms with Crippen LogP contribution < -0.4 is 10.3 Å². The van der Waals surface area contributed by atoms with Crippen LogP contribution in [-0.4, -0.2) is 37.3 Å². The third-order valence-corrected chi connectivity index (χ3v) is 5.29. The predicted molar refractivity (Wildman–Crippen MR) is 95.5 cm³/mol. The summed E-state index contributed by atoms with van der Waals surface area (Å²) in [6, 6.07) is 9.32. The van der Waals surface area contributed by atoms with Crippen molar-refractivity contribution in [2.75, 3.05) is 7.11 Å². The Kier molecular flexibility index (Phi) is 4.20. The van der Waals surface area contributed by atoms with E-state index in [9.17, 15) is 4.79 Å². The Balaban J connectivity index is 1.62. The highest BCUT2D eigenvalue weighted by atomic mass is 32.2. The van der Waals surface area contributed by atoms with Gasteiger partial charge in [-0.1, -0.05) is 23.9 Å². The van der Waals surface area contributed by atoms with E-state index in [1.54, 1.807) is 11.8 Å². The molecule has 126 valence electrons. The maximum atomic E-state index is 12.0.